The zero-order chi connectivity index (χ0) is 20.7. The van der Waals surface area contributed by atoms with Gasteiger partial charge in [0.15, 0.2) is 16.5 Å². The molecule has 7 heteroatoms. The molecular weight excluding hydrogens is 452 g/mol. The molecule has 0 atom stereocenters. The van der Waals surface area contributed by atoms with E-state index < -0.39 is 0 Å². The molecule has 0 amide bonds. The van der Waals surface area contributed by atoms with Crippen molar-refractivity contribution in [3.63, 3.8) is 0 Å². The Kier molecular flexibility index (Phi) is 5.36. The third kappa shape index (κ3) is 3.53. The first-order chi connectivity index (χ1) is 13.9. The number of aromatic nitrogens is 2. The number of benzene rings is 2. The molecule has 2 aromatic carbocycles. The molecule has 0 saturated heterocycles. The van der Waals surface area contributed by atoms with Gasteiger partial charge in [-0.25, -0.2) is 9.38 Å². The van der Waals surface area contributed by atoms with E-state index in [-0.39, 0.29) is 5.56 Å². The van der Waals surface area contributed by atoms with E-state index in [4.69, 9.17) is 9.47 Å². The van der Waals surface area contributed by atoms with Crippen molar-refractivity contribution in [1.29, 1.82) is 0 Å². The van der Waals surface area contributed by atoms with Gasteiger partial charge < -0.3 is 9.47 Å². The highest BCUT2D eigenvalue weighted by Crippen LogP contribution is 2.34. The molecule has 5 nitrogen and oxygen atoms in total. The van der Waals surface area contributed by atoms with Gasteiger partial charge in [-0.15, -0.1) is 0 Å². The largest absolute Gasteiger partial charge is 0.490 e. The zero-order valence-electron chi connectivity index (χ0n) is 16.7. The van der Waals surface area contributed by atoms with Gasteiger partial charge in [-0.2, -0.15) is 0 Å². The SMILES string of the molecule is CCOc1cc(Br)c(/C=c2\sc3nc4cc(C)c(C)cc4n3c2=O)cc1OCC. The summed E-state index contributed by atoms with van der Waals surface area (Å²) in [5.41, 5.74) is 4.81. The quantitative estimate of drug-likeness (QED) is 0.424. The van der Waals surface area contributed by atoms with Gasteiger partial charge in [0.2, 0.25) is 0 Å². The van der Waals surface area contributed by atoms with Crippen molar-refractivity contribution < 1.29 is 9.47 Å². The summed E-state index contributed by atoms with van der Waals surface area (Å²) in [7, 11) is 0. The lowest BCUT2D eigenvalue weighted by molar-refractivity contribution is 0.287. The lowest BCUT2D eigenvalue weighted by Gasteiger charge is -2.12. The molecule has 0 N–H and O–H groups in total. The number of hydrogen-bond acceptors (Lipinski definition) is 5. The molecule has 2 aromatic heterocycles. The molecule has 29 heavy (non-hydrogen) atoms. The van der Waals surface area contributed by atoms with E-state index in [0.717, 1.165) is 26.6 Å². The second-order valence-electron chi connectivity index (χ2n) is 6.76. The fourth-order valence-corrected chi connectivity index (χ4v) is 4.67. The Morgan fingerprint density at radius 2 is 1.72 bits per heavy atom. The molecule has 0 aliphatic rings. The van der Waals surface area contributed by atoms with E-state index in [1.165, 1.54) is 16.9 Å². The fourth-order valence-electron chi connectivity index (χ4n) is 3.26. The highest BCUT2D eigenvalue weighted by Gasteiger charge is 2.14. The van der Waals surface area contributed by atoms with E-state index in [0.29, 0.717) is 34.2 Å². The Labute approximate surface area is 180 Å². The van der Waals surface area contributed by atoms with Gasteiger partial charge in [0.25, 0.3) is 5.56 Å². The summed E-state index contributed by atoms with van der Waals surface area (Å²) in [5.74, 6) is 1.34. The third-order valence-electron chi connectivity index (χ3n) is 4.80. The molecule has 0 radical (unpaired) electrons. The molecule has 4 rings (SSSR count). The molecule has 0 bridgehead atoms. The van der Waals surface area contributed by atoms with Crippen LogP contribution >= 0.6 is 27.3 Å². The number of halogens is 1. The average Bonchev–Trinajstić information content (AvgIpc) is 3.16. The normalized spacial score (nSPS) is 12.2. The molecule has 0 aliphatic carbocycles. The van der Waals surface area contributed by atoms with Crippen molar-refractivity contribution in [2.75, 3.05) is 13.2 Å². The lowest BCUT2D eigenvalue weighted by Crippen LogP contribution is -2.22. The van der Waals surface area contributed by atoms with E-state index in [1.807, 2.05) is 51.1 Å². The maximum atomic E-state index is 13.1. The predicted octanol–water partition coefficient (Wildman–Crippen LogP) is 4.63. The smallest absolute Gasteiger partial charge is 0.274 e. The van der Waals surface area contributed by atoms with Gasteiger partial charge in [0.05, 0.1) is 28.8 Å². The van der Waals surface area contributed by atoms with Gasteiger partial charge in [-0.1, -0.05) is 27.3 Å². The molecule has 0 saturated carbocycles. The number of rotatable bonds is 5. The van der Waals surface area contributed by atoms with Crippen molar-refractivity contribution in [2.45, 2.75) is 27.7 Å². The van der Waals surface area contributed by atoms with Crippen LogP contribution in [0.1, 0.15) is 30.5 Å². The van der Waals surface area contributed by atoms with Gasteiger partial charge in [0.1, 0.15) is 0 Å². The minimum absolute atomic E-state index is 0.0607. The Balaban J connectivity index is 1.90. The van der Waals surface area contributed by atoms with Crippen LogP contribution in [0, 0.1) is 13.8 Å². The van der Waals surface area contributed by atoms with Crippen LogP contribution in [-0.2, 0) is 0 Å². The first-order valence-corrected chi connectivity index (χ1v) is 11.1. The fraction of sp³-hybridized carbons (Fsp3) is 0.273. The Hall–Kier alpha value is -2.38. The van der Waals surface area contributed by atoms with Crippen molar-refractivity contribution in [3.05, 3.63) is 60.3 Å². The Morgan fingerprint density at radius 3 is 2.41 bits per heavy atom. The van der Waals surface area contributed by atoms with Crippen LogP contribution in [0.4, 0.5) is 0 Å². The van der Waals surface area contributed by atoms with Crippen LogP contribution in [0.2, 0.25) is 0 Å². The molecule has 2 heterocycles. The lowest BCUT2D eigenvalue weighted by atomic mass is 10.1. The average molecular weight is 473 g/mol. The number of imidazole rings is 1. The molecular formula is C22H21BrN2O3S. The highest BCUT2D eigenvalue weighted by atomic mass is 79.9. The number of fused-ring (bicyclic) bond motifs is 3. The number of thiazole rings is 1. The molecule has 0 spiro atoms. The van der Waals surface area contributed by atoms with Gasteiger partial charge in [-0.05, 0) is 74.7 Å². The molecule has 0 unspecified atom stereocenters. The summed E-state index contributed by atoms with van der Waals surface area (Å²) < 4.78 is 14.5. The number of ether oxygens (including phenoxy) is 2. The standard InChI is InChI=1S/C22H21BrN2O3S/c1-5-27-18-9-14(15(23)11-19(18)28-6-2)10-20-21(26)25-17-8-13(4)12(3)7-16(17)24-22(25)29-20/h7-11H,5-6H2,1-4H3/b20-10-. The third-order valence-corrected chi connectivity index (χ3v) is 6.46. The second-order valence-corrected chi connectivity index (χ2v) is 8.62. The summed E-state index contributed by atoms with van der Waals surface area (Å²) in [6.07, 6.45) is 1.87. The van der Waals surface area contributed by atoms with Crippen molar-refractivity contribution in [3.8, 4) is 11.5 Å². The number of aryl methyl sites for hydroxylation is 2. The van der Waals surface area contributed by atoms with Crippen LogP contribution in [-0.4, -0.2) is 22.6 Å². The summed E-state index contributed by atoms with van der Waals surface area (Å²) in [6.45, 7) is 9.05. The molecule has 0 aliphatic heterocycles. The minimum atomic E-state index is -0.0607. The maximum absolute atomic E-state index is 13.1. The summed E-state index contributed by atoms with van der Waals surface area (Å²) >= 11 is 4.98. The minimum Gasteiger partial charge on any atom is -0.490 e. The van der Waals surface area contributed by atoms with Gasteiger partial charge in [-0.3, -0.25) is 4.79 Å². The first-order valence-electron chi connectivity index (χ1n) is 9.46. The summed E-state index contributed by atoms with van der Waals surface area (Å²) in [6, 6.07) is 7.84. The van der Waals surface area contributed by atoms with Gasteiger partial charge >= 0.3 is 0 Å². The van der Waals surface area contributed by atoms with Crippen LogP contribution in [0.3, 0.4) is 0 Å². The van der Waals surface area contributed by atoms with E-state index in [1.54, 1.807) is 4.40 Å². The van der Waals surface area contributed by atoms with Crippen LogP contribution in [0.15, 0.2) is 33.5 Å². The summed E-state index contributed by atoms with van der Waals surface area (Å²) in [4.78, 5) is 18.5. The first kappa shape index (κ1) is 19.9. The zero-order valence-corrected chi connectivity index (χ0v) is 19.1. The Morgan fingerprint density at radius 1 is 1.07 bits per heavy atom. The number of nitrogens with zero attached hydrogens (tertiary/aromatic N) is 2. The van der Waals surface area contributed by atoms with E-state index in [2.05, 4.69) is 27.8 Å². The van der Waals surface area contributed by atoms with Crippen molar-refractivity contribution in [2.24, 2.45) is 0 Å². The van der Waals surface area contributed by atoms with E-state index >= 15 is 0 Å². The number of hydrogen-bond donors (Lipinski definition) is 0. The maximum Gasteiger partial charge on any atom is 0.274 e. The predicted molar refractivity (Wildman–Crippen MR) is 122 cm³/mol. The van der Waals surface area contributed by atoms with Crippen molar-refractivity contribution in [1.82, 2.24) is 9.38 Å². The molecule has 4 aromatic rings. The van der Waals surface area contributed by atoms with E-state index in [9.17, 15) is 4.79 Å². The molecule has 150 valence electrons. The van der Waals surface area contributed by atoms with Crippen LogP contribution < -0.4 is 19.6 Å². The van der Waals surface area contributed by atoms with Crippen LogP contribution in [0.25, 0.3) is 22.1 Å². The topological polar surface area (TPSA) is 52.8 Å². The van der Waals surface area contributed by atoms with Crippen LogP contribution in [0.5, 0.6) is 11.5 Å². The van der Waals surface area contributed by atoms with Crippen molar-refractivity contribution >= 4 is 49.3 Å². The second kappa shape index (κ2) is 7.80. The highest BCUT2D eigenvalue weighted by molar-refractivity contribution is 9.10. The summed E-state index contributed by atoms with van der Waals surface area (Å²) in [5, 5.41) is 0. The van der Waals surface area contributed by atoms with Gasteiger partial charge in [0, 0.05) is 4.47 Å². The Bertz CT molecular complexity index is 1340. The monoisotopic (exact) mass is 472 g/mol. The molecule has 0 fully saturated rings.